The molecule has 1 fully saturated rings. The smallest absolute Gasteiger partial charge is 0.151 e. The molecule has 1 aromatic rings. The second-order valence-electron chi connectivity index (χ2n) is 4.79. The van der Waals surface area contributed by atoms with Crippen LogP contribution in [0.1, 0.15) is 12.0 Å². The van der Waals surface area contributed by atoms with Crippen LogP contribution in [0.5, 0.6) is 0 Å². The Labute approximate surface area is 123 Å². The average molecular weight is 342 g/mol. The monoisotopic (exact) mass is 341 g/mol. The van der Waals surface area contributed by atoms with Gasteiger partial charge in [-0.1, -0.05) is 34.0 Å². The fourth-order valence-electron chi connectivity index (χ4n) is 2.32. The number of hydrogen-bond acceptors (Lipinski definition) is 3. The van der Waals surface area contributed by atoms with E-state index in [4.69, 9.17) is 6.42 Å². The molecular weight excluding hydrogens is 326 g/mol. The number of hydrogen-bond donors (Lipinski definition) is 0. The van der Waals surface area contributed by atoms with Crippen LogP contribution in [0.15, 0.2) is 28.7 Å². The van der Waals surface area contributed by atoms with Gasteiger partial charge in [-0.3, -0.25) is 4.90 Å². The average Bonchev–Trinajstić information content (AvgIpc) is 2.72. The van der Waals surface area contributed by atoms with Gasteiger partial charge in [-0.05, 0) is 24.1 Å². The highest BCUT2D eigenvalue weighted by atomic mass is 79.9. The summed E-state index contributed by atoms with van der Waals surface area (Å²) >= 11 is 3.40. The van der Waals surface area contributed by atoms with Gasteiger partial charge in [0.05, 0.1) is 18.1 Å². The van der Waals surface area contributed by atoms with E-state index in [2.05, 4.69) is 26.8 Å². The molecule has 0 radical (unpaired) electrons. The Kier molecular flexibility index (Phi) is 4.67. The molecule has 2 rings (SSSR count). The molecule has 0 N–H and O–H groups in total. The number of terminal acetylenes is 1. The highest BCUT2D eigenvalue weighted by molar-refractivity contribution is 9.10. The van der Waals surface area contributed by atoms with Crippen molar-refractivity contribution in [2.24, 2.45) is 0 Å². The summed E-state index contributed by atoms with van der Waals surface area (Å²) in [6.45, 7) is 1.17. The maximum absolute atomic E-state index is 11.6. The van der Waals surface area contributed by atoms with Gasteiger partial charge in [0.25, 0.3) is 0 Å². The zero-order chi connectivity index (χ0) is 13.9. The topological polar surface area (TPSA) is 37.4 Å². The Balaban J connectivity index is 2.09. The SMILES string of the molecule is C#CCN(Cc1ccc(Br)cc1)[C@@H]1CCS(=O)(=O)C1. The minimum Gasteiger partial charge on any atom is -0.284 e. The van der Waals surface area contributed by atoms with E-state index in [0.717, 1.165) is 10.0 Å². The van der Waals surface area contributed by atoms with E-state index in [-0.39, 0.29) is 17.5 Å². The highest BCUT2D eigenvalue weighted by Crippen LogP contribution is 2.20. The second kappa shape index (κ2) is 6.08. The lowest BCUT2D eigenvalue weighted by Gasteiger charge is -2.25. The van der Waals surface area contributed by atoms with Crippen molar-refractivity contribution in [3.63, 3.8) is 0 Å². The highest BCUT2D eigenvalue weighted by Gasteiger charge is 2.31. The Bertz CT molecular complexity index is 574. The Morgan fingerprint density at radius 1 is 1.37 bits per heavy atom. The van der Waals surface area contributed by atoms with Crippen LogP contribution in [-0.4, -0.2) is 37.4 Å². The minimum absolute atomic E-state index is 0.0460. The molecule has 1 aliphatic rings. The molecule has 1 saturated heterocycles. The van der Waals surface area contributed by atoms with Gasteiger partial charge >= 0.3 is 0 Å². The van der Waals surface area contributed by atoms with Crippen molar-refractivity contribution in [3.8, 4) is 12.3 Å². The predicted molar refractivity (Wildman–Crippen MR) is 80.4 cm³/mol. The minimum atomic E-state index is -2.88. The van der Waals surface area contributed by atoms with Crippen molar-refractivity contribution in [2.75, 3.05) is 18.1 Å². The summed E-state index contributed by atoms with van der Waals surface area (Å²) in [6.07, 6.45) is 6.07. The van der Waals surface area contributed by atoms with E-state index in [0.29, 0.717) is 19.5 Å². The van der Waals surface area contributed by atoms with E-state index < -0.39 is 9.84 Å². The summed E-state index contributed by atoms with van der Waals surface area (Å²) in [6, 6.07) is 8.06. The molecule has 0 amide bonds. The molecule has 1 heterocycles. The molecule has 1 atom stereocenters. The summed E-state index contributed by atoms with van der Waals surface area (Å²) < 4.78 is 24.2. The van der Waals surface area contributed by atoms with Crippen molar-refractivity contribution in [1.82, 2.24) is 4.90 Å². The van der Waals surface area contributed by atoms with Crippen molar-refractivity contribution in [2.45, 2.75) is 19.0 Å². The largest absolute Gasteiger partial charge is 0.284 e. The number of rotatable bonds is 4. The molecule has 0 aromatic heterocycles. The first-order valence-corrected chi connectivity index (χ1v) is 8.74. The standard InChI is InChI=1S/C14H16BrNO2S/c1-2-8-16(14-7-9-19(17,18)11-14)10-12-3-5-13(15)6-4-12/h1,3-6,14H,7-11H2/t14-/m1/s1. The molecule has 0 saturated carbocycles. The Morgan fingerprint density at radius 2 is 2.05 bits per heavy atom. The quantitative estimate of drug-likeness (QED) is 0.787. The molecule has 1 aliphatic heterocycles. The number of sulfone groups is 1. The van der Waals surface area contributed by atoms with Gasteiger partial charge in [0.2, 0.25) is 0 Å². The van der Waals surface area contributed by atoms with Gasteiger partial charge in [0.1, 0.15) is 0 Å². The van der Waals surface area contributed by atoms with E-state index in [9.17, 15) is 8.42 Å². The third-order valence-electron chi connectivity index (χ3n) is 3.32. The van der Waals surface area contributed by atoms with Crippen molar-refractivity contribution in [1.29, 1.82) is 0 Å². The van der Waals surface area contributed by atoms with Crippen LogP contribution in [0, 0.1) is 12.3 Å². The molecule has 102 valence electrons. The van der Waals surface area contributed by atoms with Crippen LogP contribution in [0.25, 0.3) is 0 Å². The van der Waals surface area contributed by atoms with Gasteiger partial charge < -0.3 is 0 Å². The number of benzene rings is 1. The lowest BCUT2D eigenvalue weighted by Crippen LogP contribution is -2.36. The van der Waals surface area contributed by atoms with Crippen LogP contribution in [-0.2, 0) is 16.4 Å². The fraction of sp³-hybridized carbons (Fsp3) is 0.429. The van der Waals surface area contributed by atoms with Gasteiger partial charge in [-0.15, -0.1) is 6.42 Å². The summed E-state index contributed by atoms with van der Waals surface area (Å²) in [7, 11) is -2.88. The normalized spacial score (nSPS) is 21.4. The maximum atomic E-state index is 11.6. The van der Waals surface area contributed by atoms with Gasteiger partial charge in [-0.2, -0.15) is 0 Å². The van der Waals surface area contributed by atoms with Gasteiger partial charge in [-0.25, -0.2) is 8.42 Å². The molecule has 0 bridgehead atoms. The van der Waals surface area contributed by atoms with Gasteiger partial charge in [0, 0.05) is 17.1 Å². The van der Waals surface area contributed by atoms with Crippen LogP contribution >= 0.6 is 15.9 Å². The van der Waals surface area contributed by atoms with E-state index in [1.165, 1.54) is 0 Å². The summed E-state index contributed by atoms with van der Waals surface area (Å²) in [5, 5.41) is 0. The molecular formula is C14H16BrNO2S. The molecule has 3 nitrogen and oxygen atoms in total. The molecule has 0 unspecified atom stereocenters. The number of nitrogens with zero attached hydrogens (tertiary/aromatic N) is 1. The fourth-order valence-corrected chi connectivity index (χ4v) is 4.34. The maximum Gasteiger partial charge on any atom is 0.151 e. The predicted octanol–water partition coefficient (Wildman–Crippen LogP) is 2.07. The van der Waals surface area contributed by atoms with E-state index in [1.807, 2.05) is 24.3 Å². The third-order valence-corrected chi connectivity index (χ3v) is 5.60. The van der Waals surface area contributed by atoms with Crippen LogP contribution < -0.4 is 0 Å². The lowest BCUT2D eigenvalue weighted by atomic mass is 10.1. The lowest BCUT2D eigenvalue weighted by molar-refractivity contribution is 0.230. The second-order valence-corrected chi connectivity index (χ2v) is 7.94. The Hall–Kier alpha value is -0.830. The molecule has 0 spiro atoms. The summed E-state index contributed by atoms with van der Waals surface area (Å²) in [4.78, 5) is 2.08. The van der Waals surface area contributed by atoms with Gasteiger partial charge in [0.15, 0.2) is 9.84 Å². The van der Waals surface area contributed by atoms with E-state index in [1.54, 1.807) is 0 Å². The zero-order valence-electron chi connectivity index (χ0n) is 10.5. The van der Waals surface area contributed by atoms with Crippen LogP contribution in [0.4, 0.5) is 0 Å². The molecule has 5 heteroatoms. The Morgan fingerprint density at radius 3 is 2.58 bits per heavy atom. The van der Waals surface area contributed by atoms with Crippen molar-refractivity contribution < 1.29 is 8.42 Å². The molecule has 19 heavy (non-hydrogen) atoms. The first-order valence-electron chi connectivity index (χ1n) is 6.12. The first kappa shape index (κ1) is 14.6. The summed E-state index contributed by atoms with van der Waals surface area (Å²) in [5.74, 6) is 3.13. The van der Waals surface area contributed by atoms with Crippen LogP contribution in [0.3, 0.4) is 0 Å². The molecule has 1 aromatic carbocycles. The van der Waals surface area contributed by atoms with E-state index >= 15 is 0 Å². The van der Waals surface area contributed by atoms with Crippen molar-refractivity contribution in [3.05, 3.63) is 34.3 Å². The first-order chi connectivity index (χ1) is 9.00. The third kappa shape index (κ3) is 4.07. The number of halogens is 1. The zero-order valence-corrected chi connectivity index (χ0v) is 13.0. The van der Waals surface area contributed by atoms with Crippen molar-refractivity contribution >= 4 is 25.8 Å². The molecule has 0 aliphatic carbocycles. The summed E-state index contributed by atoms with van der Waals surface area (Å²) in [5.41, 5.74) is 1.14. The van der Waals surface area contributed by atoms with Crippen LogP contribution in [0.2, 0.25) is 0 Å².